The minimum absolute atomic E-state index is 0. The van der Waals surface area contributed by atoms with E-state index in [9.17, 15) is 0 Å². The standard InChI is InChI=1S/2C4H9.4CH3.H2O.2Ti/c2*1-3-4-2;;;;;;;/h2*1,3-4H2,2H3;4*1H3;1H2;;/q6*-1;;2*+3. The van der Waals surface area contributed by atoms with Gasteiger partial charge in [-0.3, -0.25) is 0 Å². The maximum absolute atomic E-state index is 3.60. The summed E-state index contributed by atoms with van der Waals surface area (Å²) >= 11 is 0. The van der Waals surface area contributed by atoms with Crippen LogP contribution in [0.5, 0.6) is 0 Å². The molecule has 0 spiro atoms. The van der Waals surface area contributed by atoms with E-state index < -0.39 is 0 Å². The molecule has 1 nitrogen and oxygen atoms in total. The van der Waals surface area contributed by atoms with Crippen LogP contribution in [-0.4, -0.2) is 5.48 Å². The molecule has 0 saturated heterocycles. The Hall–Kier alpha value is 1.39. The van der Waals surface area contributed by atoms with Gasteiger partial charge < -0.3 is 49.0 Å². The van der Waals surface area contributed by atoms with E-state index in [2.05, 4.69) is 27.7 Å². The fraction of sp³-hybridized carbons (Fsp3) is 0.500. The van der Waals surface area contributed by atoms with Crippen LogP contribution in [0.1, 0.15) is 39.5 Å². The zero-order chi connectivity index (χ0) is 6.83. The van der Waals surface area contributed by atoms with Crippen LogP contribution in [-0.2, 0) is 43.4 Å². The number of rotatable bonds is 2. The summed E-state index contributed by atoms with van der Waals surface area (Å²) in [6.45, 7) is 11.4. The van der Waals surface area contributed by atoms with Gasteiger partial charge in [0.25, 0.3) is 0 Å². The van der Waals surface area contributed by atoms with E-state index in [-0.39, 0.29) is 78.6 Å². The Balaban J connectivity index is -0.00000000468. The largest absolute Gasteiger partial charge is 3.00 e. The zero-order valence-corrected chi connectivity index (χ0v) is 14.9. The van der Waals surface area contributed by atoms with Crippen molar-refractivity contribution in [2.24, 2.45) is 0 Å². The first kappa shape index (κ1) is 71.1. The molecule has 2 N–H and O–H groups in total. The molecule has 0 aromatic rings. The Bertz CT molecular complexity index is 21.6. The van der Waals surface area contributed by atoms with Crippen molar-refractivity contribution in [2.45, 2.75) is 39.5 Å². The van der Waals surface area contributed by atoms with E-state index in [4.69, 9.17) is 0 Å². The molecule has 0 unspecified atom stereocenters. The van der Waals surface area contributed by atoms with Crippen LogP contribution in [0, 0.1) is 43.6 Å². The summed E-state index contributed by atoms with van der Waals surface area (Å²) in [6, 6.07) is 0. The molecule has 0 aliphatic heterocycles. The smallest absolute Gasteiger partial charge is 0.412 e. The first-order chi connectivity index (χ1) is 3.83. The van der Waals surface area contributed by atoms with Gasteiger partial charge in [-0.1, -0.05) is 26.7 Å². The molecule has 0 saturated carbocycles. The second-order valence-corrected chi connectivity index (χ2v) is 1.71. The van der Waals surface area contributed by atoms with E-state index in [1.54, 1.807) is 0 Å². The molecule has 0 atom stereocenters. The van der Waals surface area contributed by atoms with Crippen molar-refractivity contribution in [3.05, 3.63) is 43.6 Å². The van der Waals surface area contributed by atoms with Crippen molar-refractivity contribution in [3.63, 3.8) is 0 Å². The van der Waals surface area contributed by atoms with Gasteiger partial charge in [0.05, 0.1) is 0 Å². The summed E-state index contributed by atoms with van der Waals surface area (Å²) < 4.78 is 0. The van der Waals surface area contributed by atoms with Gasteiger partial charge in [-0.2, -0.15) is 12.8 Å². The third-order valence-electron chi connectivity index (χ3n) is 0.707. The first-order valence-electron chi connectivity index (χ1n) is 3.41. The Morgan fingerprint density at radius 1 is 0.667 bits per heavy atom. The fourth-order valence-corrected chi connectivity index (χ4v) is 0. The van der Waals surface area contributed by atoms with Gasteiger partial charge in [0.1, 0.15) is 0 Å². The molecule has 3 heteroatoms. The molecule has 0 aliphatic rings. The maximum atomic E-state index is 3.60. The zero-order valence-electron chi connectivity index (χ0n) is 11.7. The van der Waals surface area contributed by atoms with Crippen molar-refractivity contribution < 1.29 is 48.9 Å². The summed E-state index contributed by atoms with van der Waals surface area (Å²) in [6.07, 6.45) is 4.56. The monoisotopic (exact) mass is 288 g/mol. The second kappa shape index (κ2) is 110. The third-order valence-corrected chi connectivity index (χ3v) is 0.707. The molecule has 0 aromatic carbocycles. The summed E-state index contributed by atoms with van der Waals surface area (Å²) in [7, 11) is 0. The van der Waals surface area contributed by atoms with Crippen molar-refractivity contribution in [3.8, 4) is 0 Å². The van der Waals surface area contributed by atoms with Crippen molar-refractivity contribution in [1.82, 2.24) is 0 Å². The Morgan fingerprint density at radius 2 is 0.733 bits per heavy atom. The van der Waals surface area contributed by atoms with Gasteiger partial charge in [-0.25, -0.2) is 0 Å². The van der Waals surface area contributed by atoms with Crippen LogP contribution in [0.2, 0.25) is 0 Å². The van der Waals surface area contributed by atoms with Crippen LogP contribution >= 0.6 is 0 Å². The van der Waals surface area contributed by atoms with E-state index in [1.165, 1.54) is 12.8 Å². The molecule has 0 rings (SSSR count). The van der Waals surface area contributed by atoms with Crippen LogP contribution < -0.4 is 0 Å². The predicted molar refractivity (Wildman–Crippen MR) is 69.8 cm³/mol. The van der Waals surface area contributed by atoms with Gasteiger partial charge in [-0.15, -0.1) is 0 Å². The molecule has 15 heavy (non-hydrogen) atoms. The van der Waals surface area contributed by atoms with Crippen molar-refractivity contribution in [1.29, 1.82) is 0 Å². The molecule has 0 bridgehead atoms. The number of hydrogen-bond donors (Lipinski definition) is 0. The summed E-state index contributed by atoms with van der Waals surface area (Å²) in [4.78, 5) is 0. The van der Waals surface area contributed by atoms with E-state index in [0.29, 0.717) is 0 Å². The summed E-state index contributed by atoms with van der Waals surface area (Å²) in [5.74, 6) is 0. The Labute approximate surface area is 131 Å². The molecule has 0 fully saturated rings. The molecule has 0 heterocycles. The van der Waals surface area contributed by atoms with Gasteiger partial charge in [-0.05, 0) is 0 Å². The van der Waals surface area contributed by atoms with Gasteiger partial charge in [0, 0.05) is 0 Å². The Kier molecular flexibility index (Phi) is 520. The van der Waals surface area contributed by atoms with Crippen LogP contribution in [0.4, 0.5) is 0 Å². The van der Waals surface area contributed by atoms with Crippen LogP contribution in [0.15, 0.2) is 0 Å². The number of unbranched alkanes of at least 4 members (excludes halogenated alkanes) is 2. The second-order valence-electron chi connectivity index (χ2n) is 1.71. The van der Waals surface area contributed by atoms with Crippen LogP contribution in [0.25, 0.3) is 0 Å². The van der Waals surface area contributed by atoms with Crippen LogP contribution in [0.3, 0.4) is 0 Å². The SMILES string of the molecule is O.[CH2-]CCC.[CH2-]CCC.[CH3-].[CH3-].[CH3-].[CH3-].[Ti+3].[Ti+3]. The van der Waals surface area contributed by atoms with E-state index >= 15 is 0 Å². The first-order valence-corrected chi connectivity index (χ1v) is 3.41. The molecule has 0 aliphatic carbocycles. The van der Waals surface area contributed by atoms with E-state index in [0.717, 1.165) is 12.8 Å². The van der Waals surface area contributed by atoms with Gasteiger partial charge >= 0.3 is 43.4 Å². The average molecular weight is 288 g/mol. The van der Waals surface area contributed by atoms with Crippen molar-refractivity contribution >= 4 is 0 Å². The predicted octanol–water partition coefficient (Wildman–Crippen LogP) is 4.21. The summed E-state index contributed by atoms with van der Waals surface area (Å²) in [5.41, 5.74) is 0. The average Bonchev–Trinajstić information content (AvgIpc) is 1.88. The Morgan fingerprint density at radius 3 is 0.733 bits per heavy atom. The quantitative estimate of drug-likeness (QED) is 0.538. The maximum Gasteiger partial charge on any atom is 3.00 e. The van der Waals surface area contributed by atoms with Crippen molar-refractivity contribution in [2.75, 3.05) is 0 Å². The molecule has 2 radical (unpaired) electrons. The summed E-state index contributed by atoms with van der Waals surface area (Å²) in [5, 5.41) is 0. The molecule has 0 amide bonds. The fourth-order valence-electron chi connectivity index (χ4n) is 0. The third kappa shape index (κ3) is 240. The van der Waals surface area contributed by atoms with Gasteiger partial charge in [0.15, 0.2) is 0 Å². The number of hydrogen-bond acceptors (Lipinski definition) is 0. The topological polar surface area (TPSA) is 31.5 Å². The molecule has 0 aromatic heterocycles. The normalized spacial score (nSPS) is 4.00. The minimum Gasteiger partial charge on any atom is -0.412 e. The molecular formula is C12H32OTi2. The molecule has 94 valence electrons. The minimum atomic E-state index is 0. The van der Waals surface area contributed by atoms with E-state index in [1.807, 2.05) is 0 Å². The molecular weight excluding hydrogens is 256 g/mol. The van der Waals surface area contributed by atoms with Gasteiger partial charge in [0.2, 0.25) is 0 Å².